The van der Waals surface area contributed by atoms with Gasteiger partial charge in [-0.2, -0.15) is 9.41 Å². The second-order valence-electron chi connectivity index (χ2n) is 6.71. The van der Waals surface area contributed by atoms with E-state index in [0.29, 0.717) is 29.4 Å². The van der Waals surface area contributed by atoms with Gasteiger partial charge < -0.3 is 0 Å². The quantitative estimate of drug-likeness (QED) is 0.790. The van der Waals surface area contributed by atoms with Crippen molar-refractivity contribution in [2.75, 3.05) is 18.1 Å². The number of amides is 1. The molecule has 2 aliphatic heterocycles. The Kier molecular flexibility index (Phi) is 4.53. The number of rotatable bonds is 3. The maximum atomic E-state index is 12.9. The van der Waals surface area contributed by atoms with Crippen molar-refractivity contribution in [1.29, 1.82) is 0 Å². The van der Waals surface area contributed by atoms with Gasteiger partial charge in [-0.1, -0.05) is 29.3 Å². The first kappa shape index (κ1) is 18.2. The molecule has 0 radical (unpaired) electrons. The monoisotopic (exact) mass is 403 g/mol. The molecule has 4 rings (SSSR count). The molecule has 0 aromatic heterocycles. The van der Waals surface area contributed by atoms with Gasteiger partial charge in [0, 0.05) is 11.6 Å². The first-order chi connectivity index (χ1) is 12.9. The van der Waals surface area contributed by atoms with E-state index in [1.54, 1.807) is 48.5 Å². The predicted molar refractivity (Wildman–Crippen MR) is 104 cm³/mol. The lowest BCUT2D eigenvalue weighted by Crippen LogP contribution is -2.45. The normalized spacial score (nSPS) is 20.5. The number of hydrazone groups is 1. The van der Waals surface area contributed by atoms with Gasteiger partial charge in [0.15, 0.2) is 0 Å². The number of sulfonamides is 1. The minimum absolute atomic E-state index is 0.122. The molecule has 1 atom stereocenters. The molecular formula is C19H18ClN3O3S. The van der Waals surface area contributed by atoms with E-state index >= 15 is 0 Å². The van der Waals surface area contributed by atoms with E-state index in [-0.39, 0.29) is 23.3 Å². The average molecular weight is 404 g/mol. The van der Waals surface area contributed by atoms with Crippen LogP contribution in [0, 0.1) is 12.8 Å². The molecule has 27 heavy (non-hydrogen) atoms. The van der Waals surface area contributed by atoms with Crippen molar-refractivity contribution in [2.24, 2.45) is 11.0 Å². The number of anilines is 1. The van der Waals surface area contributed by atoms with Crippen molar-refractivity contribution in [3.05, 3.63) is 59.1 Å². The number of hydrogen-bond donors (Lipinski definition) is 0. The number of carbonyl (C=O) groups is 1. The molecule has 2 aromatic carbocycles. The Morgan fingerprint density at radius 1 is 1.07 bits per heavy atom. The second-order valence-corrected chi connectivity index (χ2v) is 9.09. The molecule has 140 valence electrons. The maximum absolute atomic E-state index is 12.9. The van der Waals surface area contributed by atoms with Gasteiger partial charge in [-0.15, -0.1) is 0 Å². The van der Waals surface area contributed by atoms with E-state index in [9.17, 15) is 13.2 Å². The van der Waals surface area contributed by atoms with Crippen molar-refractivity contribution in [3.63, 3.8) is 0 Å². The zero-order valence-corrected chi connectivity index (χ0v) is 16.2. The van der Waals surface area contributed by atoms with Crippen molar-refractivity contribution >= 4 is 38.9 Å². The average Bonchev–Trinajstić information content (AvgIpc) is 2.99. The standard InChI is InChI=1S/C19H18ClN3O3S/c1-13-2-8-16(9-3-13)27(25,26)22-11-10-17-18(12-22)21-23(19(17)24)15-6-4-14(20)5-7-15/h2-9,17H,10-12H2,1H3. The summed E-state index contributed by atoms with van der Waals surface area (Å²) < 4.78 is 27.2. The Balaban J connectivity index is 1.60. The number of carbonyl (C=O) groups excluding carboxylic acids is 1. The van der Waals surface area contributed by atoms with Gasteiger partial charge in [-0.05, 0) is 49.7 Å². The Hall–Kier alpha value is -2.22. The molecule has 6 nitrogen and oxygen atoms in total. The fourth-order valence-electron chi connectivity index (χ4n) is 3.33. The van der Waals surface area contributed by atoms with Crippen molar-refractivity contribution in [1.82, 2.24) is 4.31 Å². The van der Waals surface area contributed by atoms with Crippen LogP contribution in [0.4, 0.5) is 5.69 Å². The summed E-state index contributed by atoms with van der Waals surface area (Å²) in [6.07, 6.45) is 0.423. The second kappa shape index (κ2) is 6.74. The minimum atomic E-state index is -3.62. The predicted octanol–water partition coefficient (Wildman–Crippen LogP) is 3.06. The number of fused-ring (bicyclic) bond motifs is 1. The van der Waals surface area contributed by atoms with Gasteiger partial charge in [0.05, 0.1) is 28.8 Å². The first-order valence-electron chi connectivity index (χ1n) is 8.60. The van der Waals surface area contributed by atoms with Crippen LogP contribution in [0.1, 0.15) is 12.0 Å². The molecule has 2 aliphatic rings. The van der Waals surface area contributed by atoms with Gasteiger partial charge in [0.25, 0.3) is 5.91 Å². The lowest BCUT2D eigenvalue weighted by Gasteiger charge is -2.28. The maximum Gasteiger partial charge on any atom is 0.256 e. The third-order valence-electron chi connectivity index (χ3n) is 4.87. The Bertz CT molecular complexity index is 1020. The summed E-state index contributed by atoms with van der Waals surface area (Å²) >= 11 is 5.90. The summed E-state index contributed by atoms with van der Waals surface area (Å²) in [5.74, 6) is -0.496. The van der Waals surface area contributed by atoms with Crippen LogP contribution in [0.3, 0.4) is 0 Å². The van der Waals surface area contributed by atoms with Crippen LogP contribution >= 0.6 is 11.6 Å². The molecule has 1 saturated heterocycles. The van der Waals surface area contributed by atoms with Gasteiger partial charge in [-0.25, -0.2) is 13.4 Å². The Labute approximate surface area is 163 Å². The highest BCUT2D eigenvalue weighted by Crippen LogP contribution is 2.31. The molecular weight excluding hydrogens is 386 g/mol. The summed E-state index contributed by atoms with van der Waals surface area (Å²) in [7, 11) is -3.62. The lowest BCUT2D eigenvalue weighted by molar-refractivity contribution is -0.120. The molecule has 0 aliphatic carbocycles. The molecule has 0 saturated carbocycles. The Morgan fingerprint density at radius 3 is 2.41 bits per heavy atom. The first-order valence-corrected chi connectivity index (χ1v) is 10.4. The summed E-state index contributed by atoms with van der Waals surface area (Å²) in [5.41, 5.74) is 2.20. The Morgan fingerprint density at radius 2 is 1.74 bits per heavy atom. The number of benzene rings is 2. The van der Waals surface area contributed by atoms with E-state index in [0.717, 1.165) is 5.56 Å². The molecule has 0 spiro atoms. The van der Waals surface area contributed by atoms with Gasteiger partial charge >= 0.3 is 0 Å². The van der Waals surface area contributed by atoms with Crippen molar-refractivity contribution in [2.45, 2.75) is 18.2 Å². The van der Waals surface area contributed by atoms with Crippen LogP contribution in [-0.2, 0) is 14.8 Å². The molecule has 0 bridgehead atoms. The lowest BCUT2D eigenvalue weighted by atomic mass is 9.96. The molecule has 0 N–H and O–H groups in total. The summed E-state index contributed by atoms with van der Waals surface area (Å²) in [4.78, 5) is 13.0. The largest absolute Gasteiger partial charge is 0.272 e. The third-order valence-corrected chi connectivity index (χ3v) is 6.98. The molecule has 1 amide bonds. The van der Waals surface area contributed by atoms with E-state index in [4.69, 9.17) is 11.6 Å². The fraction of sp³-hybridized carbons (Fsp3) is 0.263. The van der Waals surface area contributed by atoms with Crippen LogP contribution in [0.2, 0.25) is 5.02 Å². The summed E-state index contributed by atoms with van der Waals surface area (Å²) in [6, 6.07) is 13.6. The topological polar surface area (TPSA) is 70.1 Å². The van der Waals surface area contributed by atoms with Crippen LogP contribution < -0.4 is 5.01 Å². The van der Waals surface area contributed by atoms with Crippen LogP contribution in [0.25, 0.3) is 0 Å². The van der Waals surface area contributed by atoms with Crippen molar-refractivity contribution in [3.8, 4) is 0 Å². The molecule has 1 fully saturated rings. The fourth-order valence-corrected chi connectivity index (χ4v) is 4.89. The van der Waals surface area contributed by atoms with Crippen LogP contribution in [0.15, 0.2) is 58.5 Å². The molecule has 1 unspecified atom stereocenters. The molecule has 2 aromatic rings. The molecule has 2 heterocycles. The summed E-state index contributed by atoms with van der Waals surface area (Å²) in [6.45, 7) is 2.32. The van der Waals surface area contributed by atoms with Crippen LogP contribution in [0.5, 0.6) is 0 Å². The zero-order valence-electron chi connectivity index (χ0n) is 14.7. The van der Waals surface area contributed by atoms with Gasteiger partial charge in [-0.3, -0.25) is 4.79 Å². The minimum Gasteiger partial charge on any atom is -0.272 e. The van der Waals surface area contributed by atoms with E-state index in [1.807, 2.05) is 6.92 Å². The van der Waals surface area contributed by atoms with E-state index < -0.39 is 10.0 Å². The SMILES string of the molecule is Cc1ccc(S(=O)(=O)N2CCC3C(=O)N(c4ccc(Cl)cc4)N=C3C2)cc1. The van der Waals surface area contributed by atoms with E-state index in [1.165, 1.54) is 9.31 Å². The molecule has 8 heteroatoms. The van der Waals surface area contributed by atoms with Gasteiger partial charge in [0.2, 0.25) is 10.0 Å². The third kappa shape index (κ3) is 3.26. The number of hydrogen-bond acceptors (Lipinski definition) is 4. The highest BCUT2D eigenvalue weighted by Gasteiger charge is 2.42. The van der Waals surface area contributed by atoms with Crippen LogP contribution in [-0.4, -0.2) is 37.4 Å². The van der Waals surface area contributed by atoms with Gasteiger partial charge in [0.1, 0.15) is 0 Å². The zero-order chi connectivity index (χ0) is 19.2. The smallest absolute Gasteiger partial charge is 0.256 e. The number of halogens is 1. The summed E-state index contributed by atoms with van der Waals surface area (Å²) in [5, 5.41) is 6.33. The van der Waals surface area contributed by atoms with E-state index in [2.05, 4.69) is 5.10 Å². The number of aryl methyl sites for hydroxylation is 1. The number of piperidine rings is 1. The van der Waals surface area contributed by atoms with Crippen molar-refractivity contribution < 1.29 is 13.2 Å². The highest BCUT2D eigenvalue weighted by molar-refractivity contribution is 7.89. The number of nitrogens with zero attached hydrogens (tertiary/aromatic N) is 3. The highest BCUT2D eigenvalue weighted by atomic mass is 35.5.